The van der Waals surface area contributed by atoms with Gasteiger partial charge in [-0.1, -0.05) is 0 Å². The molecule has 1 heterocycles. The van der Waals surface area contributed by atoms with Gasteiger partial charge in [0.05, 0.1) is 4.47 Å². The summed E-state index contributed by atoms with van der Waals surface area (Å²) in [6.45, 7) is 3.17. The van der Waals surface area contributed by atoms with Crippen LogP contribution in [0.4, 0.5) is 0 Å². The molecule has 0 spiro atoms. The number of H-pyrrole nitrogens is 1. The van der Waals surface area contributed by atoms with Crippen LogP contribution in [0.25, 0.3) is 0 Å². The van der Waals surface area contributed by atoms with Gasteiger partial charge < -0.3 is 4.98 Å². The largest absolute Gasteiger partial charge is 0.326 e. The van der Waals surface area contributed by atoms with E-state index in [1.807, 2.05) is 0 Å². The van der Waals surface area contributed by atoms with Crippen molar-refractivity contribution in [1.82, 2.24) is 4.98 Å². The SMILES string of the molecule is CC(=O)c1cc(C)[nH]c(=O)c1Br. The molecule has 0 aliphatic rings. The third kappa shape index (κ3) is 1.64. The third-order valence-corrected chi connectivity index (χ3v) is 2.27. The summed E-state index contributed by atoms with van der Waals surface area (Å²) in [6, 6.07) is 1.65. The lowest BCUT2D eigenvalue weighted by molar-refractivity contribution is 0.101. The zero-order chi connectivity index (χ0) is 9.30. The number of halogens is 1. The van der Waals surface area contributed by atoms with Gasteiger partial charge in [-0.25, -0.2) is 0 Å². The first-order valence-corrected chi connectivity index (χ1v) is 4.22. The molecule has 0 aromatic carbocycles. The van der Waals surface area contributed by atoms with Gasteiger partial charge in [-0.15, -0.1) is 0 Å². The fourth-order valence-corrected chi connectivity index (χ4v) is 1.42. The lowest BCUT2D eigenvalue weighted by Gasteiger charge is -1.99. The van der Waals surface area contributed by atoms with E-state index in [4.69, 9.17) is 0 Å². The monoisotopic (exact) mass is 229 g/mol. The zero-order valence-corrected chi connectivity index (χ0v) is 8.36. The summed E-state index contributed by atoms with van der Waals surface area (Å²) in [5.74, 6) is -0.115. The Kier molecular flexibility index (Phi) is 2.47. The van der Waals surface area contributed by atoms with Crippen LogP contribution in [0.1, 0.15) is 23.0 Å². The fraction of sp³-hybridized carbons (Fsp3) is 0.250. The van der Waals surface area contributed by atoms with Crippen molar-refractivity contribution in [3.8, 4) is 0 Å². The molecule has 0 aliphatic heterocycles. The molecular formula is C8H8BrNO2. The van der Waals surface area contributed by atoms with Crippen molar-refractivity contribution >= 4 is 21.7 Å². The van der Waals surface area contributed by atoms with Crippen LogP contribution < -0.4 is 5.56 Å². The molecule has 3 nitrogen and oxygen atoms in total. The zero-order valence-electron chi connectivity index (χ0n) is 6.77. The van der Waals surface area contributed by atoms with Gasteiger partial charge in [0.15, 0.2) is 5.78 Å². The number of carbonyl (C=O) groups is 1. The predicted octanol–water partition coefficient (Wildman–Crippen LogP) is 1.65. The van der Waals surface area contributed by atoms with Gasteiger partial charge in [-0.05, 0) is 35.8 Å². The summed E-state index contributed by atoms with van der Waals surface area (Å²) >= 11 is 3.05. The minimum Gasteiger partial charge on any atom is -0.326 e. The molecule has 0 bridgehead atoms. The highest BCUT2D eigenvalue weighted by atomic mass is 79.9. The van der Waals surface area contributed by atoms with E-state index in [-0.39, 0.29) is 11.3 Å². The number of Topliss-reactive ketones (excluding diaryl/α,β-unsaturated/α-hetero) is 1. The Morgan fingerprint density at radius 3 is 2.67 bits per heavy atom. The van der Waals surface area contributed by atoms with Gasteiger partial charge in [0.25, 0.3) is 5.56 Å². The molecule has 0 aliphatic carbocycles. The first-order valence-electron chi connectivity index (χ1n) is 3.42. The number of aromatic nitrogens is 1. The minimum absolute atomic E-state index is 0.115. The topological polar surface area (TPSA) is 49.9 Å². The molecule has 1 rings (SSSR count). The maximum Gasteiger partial charge on any atom is 0.263 e. The second kappa shape index (κ2) is 3.23. The number of hydrogen-bond donors (Lipinski definition) is 1. The Morgan fingerprint density at radius 2 is 2.17 bits per heavy atom. The molecular weight excluding hydrogens is 222 g/mol. The number of aromatic amines is 1. The van der Waals surface area contributed by atoms with E-state index in [1.54, 1.807) is 13.0 Å². The standard InChI is InChI=1S/C8H8BrNO2/c1-4-3-6(5(2)11)7(9)8(12)10-4/h3H,1-2H3,(H,10,12). The number of carbonyl (C=O) groups excluding carboxylic acids is 1. The summed E-state index contributed by atoms with van der Waals surface area (Å²) in [5.41, 5.74) is 0.852. The number of ketones is 1. The van der Waals surface area contributed by atoms with Crippen LogP contribution in [0, 0.1) is 6.92 Å². The first-order chi connectivity index (χ1) is 5.52. The van der Waals surface area contributed by atoms with Gasteiger partial charge in [-0.3, -0.25) is 9.59 Å². The van der Waals surface area contributed by atoms with Crippen molar-refractivity contribution in [2.24, 2.45) is 0 Å². The maximum absolute atomic E-state index is 11.1. The quantitative estimate of drug-likeness (QED) is 0.745. The molecule has 0 atom stereocenters. The molecule has 1 aromatic rings. The molecule has 0 fully saturated rings. The lowest BCUT2D eigenvalue weighted by atomic mass is 10.2. The molecule has 0 saturated heterocycles. The van der Waals surface area contributed by atoms with Crippen molar-refractivity contribution in [2.45, 2.75) is 13.8 Å². The molecule has 1 N–H and O–H groups in total. The molecule has 4 heteroatoms. The maximum atomic E-state index is 11.1. The molecule has 1 aromatic heterocycles. The Morgan fingerprint density at radius 1 is 1.58 bits per heavy atom. The van der Waals surface area contributed by atoms with Crippen molar-refractivity contribution in [3.63, 3.8) is 0 Å². The Hall–Kier alpha value is -0.900. The number of nitrogens with one attached hydrogen (secondary N) is 1. The fourth-order valence-electron chi connectivity index (χ4n) is 0.928. The molecule has 12 heavy (non-hydrogen) atoms. The first kappa shape index (κ1) is 9.19. The van der Waals surface area contributed by atoms with E-state index < -0.39 is 0 Å². The molecule has 0 radical (unpaired) electrons. The number of aryl methyl sites for hydroxylation is 1. The predicted molar refractivity (Wildman–Crippen MR) is 49.5 cm³/mol. The summed E-state index contributed by atoms with van der Waals surface area (Å²) in [4.78, 5) is 24.7. The summed E-state index contributed by atoms with van der Waals surface area (Å²) in [6.07, 6.45) is 0. The summed E-state index contributed by atoms with van der Waals surface area (Å²) in [5, 5.41) is 0. The number of rotatable bonds is 1. The Labute approximate surface area is 77.9 Å². The van der Waals surface area contributed by atoms with E-state index in [0.717, 1.165) is 0 Å². The normalized spacial score (nSPS) is 9.92. The third-order valence-electron chi connectivity index (χ3n) is 1.49. The smallest absolute Gasteiger partial charge is 0.263 e. The average Bonchev–Trinajstić information content (AvgIpc) is 1.96. The van der Waals surface area contributed by atoms with Crippen molar-refractivity contribution in [1.29, 1.82) is 0 Å². The van der Waals surface area contributed by atoms with E-state index in [2.05, 4.69) is 20.9 Å². The van der Waals surface area contributed by atoms with E-state index in [0.29, 0.717) is 15.7 Å². The van der Waals surface area contributed by atoms with Crippen LogP contribution in [-0.4, -0.2) is 10.8 Å². The molecule has 64 valence electrons. The van der Waals surface area contributed by atoms with Crippen LogP contribution >= 0.6 is 15.9 Å². The molecule has 0 saturated carbocycles. The number of hydrogen-bond acceptors (Lipinski definition) is 2. The van der Waals surface area contributed by atoms with Gasteiger partial charge in [-0.2, -0.15) is 0 Å². The van der Waals surface area contributed by atoms with Crippen LogP contribution in [0.5, 0.6) is 0 Å². The molecule has 0 amide bonds. The van der Waals surface area contributed by atoms with Crippen molar-refractivity contribution in [2.75, 3.05) is 0 Å². The minimum atomic E-state index is -0.264. The second-order valence-electron chi connectivity index (χ2n) is 2.57. The molecule has 0 unspecified atom stereocenters. The highest BCUT2D eigenvalue weighted by Gasteiger charge is 2.08. The van der Waals surface area contributed by atoms with Crippen molar-refractivity contribution in [3.05, 3.63) is 32.2 Å². The number of pyridine rings is 1. The van der Waals surface area contributed by atoms with E-state index >= 15 is 0 Å². The van der Waals surface area contributed by atoms with Crippen LogP contribution in [0.15, 0.2) is 15.3 Å². The Bertz CT molecular complexity index is 381. The van der Waals surface area contributed by atoms with Gasteiger partial charge >= 0.3 is 0 Å². The van der Waals surface area contributed by atoms with Crippen molar-refractivity contribution < 1.29 is 4.79 Å². The van der Waals surface area contributed by atoms with E-state index in [9.17, 15) is 9.59 Å². The van der Waals surface area contributed by atoms with Gasteiger partial charge in [0, 0.05) is 11.3 Å². The van der Waals surface area contributed by atoms with E-state index in [1.165, 1.54) is 6.92 Å². The van der Waals surface area contributed by atoms with Crippen LogP contribution in [0.3, 0.4) is 0 Å². The van der Waals surface area contributed by atoms with Gasteiger partial charge in [0.1, 0.15) is 0 Å². The summed E-state index contributed by atoms with van der Waals surface area (Å²) in [7, 11) is 0. The Balaban J connectivity index is 3.48. The summed E-state index contributed by atoms with van der Waals surface area (Å²) < 4.78 is 0.306. The van der Waals surface area contributed by atoms with Crippen LogP contribution in [0.2, 0.25) is 0 Å². The highest BCUT2D eigenvalue weighted by Crippen LogP contribution is 2.12. The second-order valence-corrected chi connectivity index (χ2v) is 3.36. The van der Waals surface area contributed by atoms with Crippen LogP contribution in [-0.2, 0) is 0 Å². The lowest BCUT2D eigenvalue weighted by Crippen LogP contribution is -2.12. The van der Waals surface area contributed by atoms with Gasteiger partial charge in [0.2, 0.25) is 0 Å². The average molecular weight is 230 g/mol. The highest BCUT2D eigenvalue weighted by molar-refractivity contribution is 9.10.